The number of hydrogen-bond acceptors (Lipinski definition) is 3. The SMILES string of the molecule is NS(=O)c1ccc([N+](=O)[O-])cc1. The van der Waals surface area contributed by atoms with Crippen molar-refractivity contribution in [3.8, 4) is 0 Å². The molecule has 5 nitrogen and oxygen atoms in total. The number of hydrogen-bond donors (Lipinski definition) is 1. The zero-order chi connectivity index (χ0) is 9.14. The molecule has 0 spiro atoms. The van der Waals surface area contributed by atoms with E-state index < -0.39 is 15.9 Å². The molecule has 0 aromatic heterocycles. The fourth-order valence-electron chi connectivity index (χ4n) is 0.702. The normalized spacial score (nSPS) is 12.4. The summed E-state index contributed by atoms with van der Waals surface area (Å²) < 4.78 is 10.6. The molecule has 0 amide bonds. The van der Waals surface area contributed by atoms with E-state index in [9.17, 15) is 14.3 Å². The highest BCUT2D eigenvalue weighted by atomic mass is 32.2. The fourth-order valence-corrected chi connectivity index (χ4v) is 1.11. The largest absolute Gasteiger partial charge is 0.269 e. The highest BCUT2D eigenvalue weighted by Crippen LogP contribution is 2.12. The Morgan fingerprint density at radius 1 is 1.33 bits per heavy atom. The molecule has 0 bridgehead atoms. The molecule has 6 heteroatoms. The Balaban J connectivity index is 3.01. The molecule has 0 aliphatic rings. The van der Waals surface area contributed by atoms with Gasteiger partial charge in [-0.05, 0) is 12.1 Å². The first-order chi connectivity index (χ1) is 5.61. The van der Waals surface area contributed by atoms with Crippen LogP contribution in [0.4, 0.5) is 5.69 Å². The summed E-state index contributed by atoms with van der Waals surface area (Å²) in [5.74, 6) is 0. The minimum Gasteiger partial charge on any atom is -0.258 e. The summed E-state index contributed by atoms with van der Waals surface area (Å²) in [6.07, 6.45) is 0. The van der Waals surface area contributed by atoms with Crippen LogP contribution in [-0.4, -0.2) is 9.13 Å². The van der Waals surface area contributed by atoms with Gasteiger partial charge in [0, 0.05) is 12.1 Å². The van der Waals surface area contributed by atoms with Crippen molar-refractivity contribution in [2.24, 2.45) is 5.14 Å². The Morgan fingerprint density at radius 3 is 2.17 bits per heavy atom. The molecule has 64 valence electrons. The topological polar surface area (TPSA) is 86.2 Å². The summed E-state index contributed by atoms with van der Waals surface area (Å²) in [7, 11) is -1.57. The quantitative estimate of drug-likeness (QED) is 0.541. The predicted octanol–water partition coefficient (Wildman–Crippen LogP) is 0.576. The molecule has 0 radical (unpaired) electrons. The highest BCUT2D eigenvalue weighted by Gasteiger charge is 2.04. The van der Waals surface area contributed by atoms with Crippen LogP contribution in [0.3, 0.4) is 0 Å². The zero-order valence-electron chi connectivity index (χ0n) is 5.97. The summed E-state index contributed by atoms with van der Waals surface area (Å²) >= 11 is 0. The van der Waals surface area contributed by atoms with E-state index in [0.717, 1.165) is 0 Å². The maximum atomic E-state index is 10.6. The van der Waals surface area contributed by atoms with Gasteiger partial charge in [-0.25, -0.2) is 9.35 Å². The average molecular weight is 186 g/mol. The number of nitrogens with zero attached hydrogens (tertiary/aromatic N) is 1. The molecule has 0 saturated heterocycles. The minimum atomic E-state index is -1.57. The number of rotatable bonds is 2. The van der Waals surface area contributed by atoms with E-state index in [4.69, 9.17) is 5.14 Å². The Labute approximate surface area is 70.9 Å². The van der Waals surface area contributed by atoms with Crippen molar-refractivity contribution in [3.63, 3.8) is 0 Å². The smallest absolute Gasteiger partial charge is 0.258 e. The van der Waals surface area contributed by atoms with E-state index in [0.29, 0.717) is 4.90 Å². The Bertz CT molecular complexity index is 289. The van der Waals surface area contributed by atoms with Crippen LogP contribution < -0.4 is 5.14 Å². The van der Waals surface area contributed by atoms with E-state index in [1.807, 2.05) is 0 Å². The molecule has 0 aliphatic heterocycles. The summed E-state index contributed by atoms with van der Waals surface area (Å²) in [5, 5.41) is 15.2. The lowest BCUT2D eigenvalue weighted by molar-refractivity contribution is -0.384. The number of nitro groups is 1. The maximum Gasteiger partial charge on any atom is 0.269 e. The van der Waals surface area contributed by atoms with Gasteiger partial charge in [0.25, 0.3) is 5.69 Å². The van der Waals surface area contributed by atoms with Crippen LogP contribution in [0.25, 0.3) is 0 Å². The van der Waals surface area contributed by atoms with Crippen molar-refractivity contribution in [1.82, 2.24) is 0 Å². The van der Waals surface area contributed by atoms with Crippen LogP contribution in [-0.2, 0) is 11.0 Å². The van der Waals surface area contributed by atoms with Gasteiger partial charge in [-0.3, -0.25) is 10.1 Å². The minimum absolute atomic E-state index is 0.0378. The second-order valence-electron chi connectivity index (χ2n) is 2.05. The first kappa shape index (κ1) is 8.82. The van der Waals surface area contributed by atoms with E-state index in [2.05, 4.69) is 0 Å². The standard InChI is InChI=1S/C6H6N2O3S/c7-12(11)6-3-1-5(2-4-6)8(9)10/h1-4H,7H2. The Hall–Kier alpha value is -1.27. The van der Waals surface area contributed by atoms with Gasteiger partial charge in [-0.1, -0.05) is 0 Å². The van der Waals surface area contributed by atoms with Crippen molar-refractivity contribution in [3.05, 3.63) is 34.4 Å². The highest BCUT2D eigenvalue weighted by molar-refractivity contribution is 7.82. The zero-order valence-corrected chi connectivity index (χ0v) is 6.78. The third-order valence-electron chi connectivity index (χ3n) is 1.28. The van der Waals surface area contributed by atoms with E-state index >= 15 is 0 Å². The predicted molar refractivity (Wildman–Crippen MR) is 43.7 cm³/mol. The van der Waals surface area contributed by atoms with Crippen molar-refractivity contribution in [2.75, 3.05) is 0 Å². The number of non-ortho nitro benzene ring substituents is 1. The Kier molecular flexibility index (Phi) is 2.51. The molecule has 0 heterocycles. The van der Waals surface area contributed by atoms with Crippen LogP contribution in [0.5, 0.6) is 0 Å². The lowest BCUT2D eigenvalue weighted by Crippen LogP contribution is -2.02. The van der Waals surface area contributed by atoms with Crippen molar-refractivity contribution >= 4 is 16.7 Å². The molecule has 12 heavy (non-hydrogen) atoms. The van der Waals surface area contributed by atoms with E-state index in [1.54, 1.807) is 0 Å². The summed E-state index contributed by atoms with van der Waals surface area (Å²) in [6.45, 7) is 0. The molecule has 1 rings (SSSR count). The second-order valence-corrected chi connectivity index (χ2v) is 3.11. The van der Waals surface area contributed by atoms with E-state index in [1.165, 1.54) is 24.3 Å². The summed E-state index contributed by atoms with van der Waals surface area (Å²) in [5.41, 5.74) is -0.0378. The van der Waals surface area contributed by atoms with Crippen LogP contribution in [0, 0.1) is 10.1 Å². The van der Waals surface area contributed by atoms with E-state index in [-0.39, 0.29) is 5.69 Å². The van der Waals surface area contributed by atoms with Crippen LogP contribution >= 0.6 is 0 Å². The fraction of sp³-hybridized carbons (Fsp3) is 0. The summed E-state index contributed by atoms with van der Waals surface area (Å²) in [4.78, 5) is 10.0. The van der Waals surface area contributed by atoms with Crippen LogP contribution in [0.2, 0.25) is 0 Å². The van der Waals surface area contributed by atoms with Gasteiger partial charge >= 0.3 is 0 Å². The molecular weight excluding hydrogens is 180 g/mol. The van der Waals surface area contributed by atoms with Crippen LogP contribution in [0.15, 0.2) is 29.2 Å². The monoisotopic (exact) mass is 186 g/mol. The first-order valence-electron chi connectivity index (χ1n) is 3.02. The van der Waals surface area contributed by atoms with Crippen LogP contribution in [0.1, 0.15) is 0 Å². The maximum absolute atomic E-state index is 10.6. The number of benzene rings is 1. The van der Waals surface area contributed by atoms with Gasteiger partial charge in [0.2, 0.25) is 0 Å². The third-order valence-corrected chi connectivity index (χ3v) is 2.02. The van der Waals surface area contributed by atoms with Gasteiger partial charge in [0.05, 0.1) is 9.82 Å². The summed E-state index contributed by atoms with van der Waals surface area (Å²) in [6, 6.07) is 5.27. The Morgan fingerprint density at radius 2 is 1.83 bits per heavy atom. The van der Waals surface area contributed by atoms with Crippen molar-refractivity contribution < 1.29 is 9.13 Å². The first-order valence-corrected chi connectivity index (χ1v) is 4.23. The average Bonchev–Trinajstić information content (AvgIpc) is 2.04. The van der Waals surface area contributed by atoms with Crippen molar-refractivity contribution in [2.45, 2.75) is 4.90 Å². The van der Waals surface area contributed by atoms with Gasteiger partial charge in [-0.15, -0.1) is 0 Å². The molecule has 0 saturated carbocycles. The molecular formula is C6H6N2O3S. The van der Waals surface area contributed by atoms with Gasteiger partial charge in [-0.2, -0.15) is 0 Å². The van der Waals surface area contributed by atoms with Crippen molar-refractivity contribution in [1.29, 1.82) is 0 Å². The van der Waals surface area contributed by atoms with Gasteiger partial charge in [0.15, 0.2) is 0 Å². The molecule has 1 aromatic carbocycles. The third kappa shape index (κ3) is 1.86. The molecule has 1 atom stereocenters. The lowest BCUT2D eigenvalue weighted by atomic mass is 10.3. The molecule has 0 aliphatic carbocycles. The van der Waals surface area contributed by atoms with Gasteiger partial charge < -0.3 is 0 Å². The lowest BCUT2D eigenvalue weighted by Gasteiger charge is -1.93. The number of nitrogens with two attached hydrogens (primary N) is 1. The molecule has 2 N–H and O–H groups in total. The number of nitro benzene ring substituents is 1. The molecule has 1 unspecified atom stereocenters. The molecule has 0 fully saturated rings. The van der Waals surface area contributed by atoms with Gasteiger partial charge in [0.1, 0.15) is 11.0 Å². The second kappa shape index (κ2) is 3.42. The molecule has 1 aromatic rings.